The summed E-state index contributed by atoms with van der Waals surface area (Å²) >= 11 is 0. The summed E-state index contributed by atoms with van der Waals surface area (Å²) in [5.41, 5.74) is 5.52. The number of carbonyl (C=O) groups excluding carboxylic acids is 1. The average molecular weight is 419 g/mol. The monoisotopic (exact) mass is 418 g/mol. The van der Waals surface area contributed by atoms with Gasteiger partial charge < -0.3 is 20.1 Å². The third-order valence-corrected chi connectivity index (χ3v) is 5.26. The van der Waals surface area contributed by atoms with E-state index in [4.69, 9.17) is 4.74 Å². The zero-order valence-electron chi connectivity index (χ0n) is 18.6. The summed E-state index contributed by atoms with van der Waals surface area (Å²) in [6, 6.07) is 18.5. The van der Waals surface area contributed by atoms with E-state index in [1.807, 2.05) is 49.4 Å². The number of hydrogen-bond acceptors (Lipinski definition) is 4. The van der Waals surface area contributed by atoms with Crippen LogP contribution < -0.4 is 10.1 Å². The van der Waals surface area contributed by atoms with Gasteiger partial charge in [0, 0.05) is 11.3 Å². The fourth-order valence-electron chi connectivity index (χ4n) is 3.61. The fraction of sp³-hybridized carbons (Fsp3) is 0.269. The van der Waals surface area contributed by atoms with Crippen LogP contribution in [0.4, 0.5) is 5.69 Å². The van der Waals surface area contributed by atoms with Crippen molar-refractivity contribution in [1.29, 1.82) is 0 Å². The molecule has 162 valence electrons. The number of ether oxygens (including phenoxy) is 1. The average Bonchev–Trinajstić information content (AvgIpc) is 2.74. The van der Waals surface area contributed by atoms with E-state index in [9.17, 15) is 9.90 Å². The van der Waals surface area contributed by atoms with E-state index in [-0.39, 0.29) is 11.7 Å². The van der Waals surface area contributed by atoms with Crippen LogP contribution in [0.5, 0.6) is 11.5 Å². The summed E-state index contributed by atoms with van der Waals surface area (Å²) in [7, 11) is 5.76. The molecule has 3 aromatic rings. The van der Waals surface area contributed by atoms with E-state index in [1.54, 1.807) is 25.3 Å². The van der Waals surface area contributed by atoms with Gasteiger partial charge in [0.2, 0.25) is 0 Å². The number of rotatable bonds is 8. The van der Waals surface area contributed by atoms with Gasteiger partial charge in [0.15, 0.2) is 0 Å². The summed E-state index contributed by atoms with van der Waals surface area (Å²) in [6.07, 6.45) is 1.84. The second-order valence-electron chi connectivity index (χ2n) is 7.96. The Morgan fingerprint density at radius 1 is 1.03 bits per heavy atom. The summed E-state index contributed by atoms with van der Waals surface area (Å²) in [4.78, 5) is 15.0. The Labute approximate surface area is 184 Å². The van der Waals surface area contributed by atoms with Gasteiger partial charge in [-0.25, -0.2) is 0 Å². The molecule has 0 spiro atoms. The minimum Gasteiger partial charge on any atom is -0.508 e. The molecule has 5 nitrogen and oxygen atoms in total. The molecule has 2 N–H and O–H groups in total. The number of methoxy groups -OCH3 is 1. The summed E-state index contributed by atoms with van der Waals surface area (Å²) in [6.45, 7) is 2.99. The molecule has 5 heteroatoms. The molecule has 0 aliphatic rings. The van der Waals surface area contributed by atoms with E-state index < -0.39 is 0 Å². The maximum absolute atomic E-state index is 12.9. The van der Waals surface area contributed by atoms with Crippen molar-refractivity contribution >= 4 is 11.6 Å². The van der Waals surface area contributed by atoms with E-state index in [0.29, 0.717) is 5.56 Å². The van der Waals surface area contributed by atoms with Crippen LogP contribution in [0, 0.1) is 6.92 Å². The zero-order valence-corrected chi connectivity index (χ0v) is 18.6. The molecule has 0 unspecified atom stereocenters. The molecule has 0 bridgehead atoms. The maximum Gasteiger partial charge on any atom is 0.255 e. The first kappa shape index (κ1) is 22.4. The lowest BCUT2D eigenvalue weighted by molar-refractivity contribution is 0.102. The van der Waals surface area contributed by atoms with Crippen molar-refractivity contribution in [3.63, 3.8) is 0 Å². The van der Waals surface area contributed by atoms with Crippen LogP contribution in [0.15, 0.2) is 60.7 Å². The van der Waals surface area contributed by atoms with Gasteiger partial charge in [-0.05, 0) is 105 Å². The van der Waals surface area contributed by atoms with Crippen LogP contribution in [0.2, 0.25) is 0 Å². The normalized spacial score (nSPS) is 10.9. The molecule has 3 aromatic carbocycles. The van der Waals surface area contributed by atoms with E-state index in [1.165, 1.54) is 0 Å². The third kappa shape index (κ3) is 5.86. The Morgan fingerprint density at radius 3 is 2.42 bits per heavy atom. The van der Waals surface area contributed by atoms with Crippen LogP contribution in [0.25, 0.3) is 11.1 Å². The molecule has 0 heterocycles. The standard InChI is InChI=1S/C26H30N2O3/c1-18-16-22(10-13-24(18)19-7-11-23(29)12-8-19)27-26(30)21-9-14-25(31-4)20(17-21)6-5-15-28(2)3/h7-14,16-17,29H,5-6,15H2,1-4H3,(H,27,30). The van der Waals surface area contributed by atoms with Gasteiger partial charge in [-0.3, -0.25) is 4.79 Å². The largest absolute Gasteiger partial charge is 0.508 e. The first-order valence-electron chi connectivity index (χ1n) is 10.4. The number of benzene rings is 3. The van der Waals surface area contributed by atoms with Gasteiger partial charge in [-0.2, -0.15) is 0 Å². The number of hydrogen-bond donors (Lipinski definition) is 2. The summed E-state index contributed by atoms with van der Waals surface area (Å²) < 4.78 is 5.47. The molecule has 0 atom stereocenters. The topological polar surface area (TPSA) is 61.8 Å². The summed E-state index contributed by atoms with van der Waals surface area (Å²) in [5, 5.41) is 12.5. The maximum atomic E-state index is 12.9. The first-order chi connectivity index (χ1) is 14.9. The number of nitrogens with one attached hydrogen (secondary N) is 1. The van der Waals surface area contributed by atoms with Crippen LogP contribution >= 0.6 is 0 Å². The van der Waals surface area contributed by atoms with E-state index in [0.717, 1.165) is 53.1 Å². The van der Waals surface area contributed by atoms with Gasteiger partial charge in [-0.1, -0.05) is 18.2 Å². The predicted molar refractivity (Wildman–Crippen MR) is 126 cm³/mol. The van der Waals surface area contributed by atoms with Gasteiger partial charge >= 0.3 is 0 Å². The van der Waals surface area contributed by atoms with Crippen molar-refractivity contribution < 1.29 is 14.6 Å². The van der Waals surface area contributed by atoms with Crippen LogP contribution in [-0.2, 0) is 6.42 Å². The number of amides is 1. The molecular formula is C26H30N2O3. The number of anilines is 1. The van der Waals surface area contributed by atoms with Crippen molar-refractivity contribution in [2.24, 2.45) is 0 Å². The number of carbonyl (C=O) groups is 1. The van der Waals surface area contributed by atoms with Crippen molar-refractivity contribution in [2.45, 2.75) is 19.8 Å². The predicted octanol–water partition coefficient (Wildman–Crippen LogP) is 5.12. The van der Waals surface area contributed by atoms with E-state index >= 15 is 0 Å². The highest BCUT2D eigenvalue weighted by molar-refractivity contribution is 6.04. The first-order valence-corrected chi connectivity index (χ1v) is 10.4. The lowest BCUT2D eigenvalue weighted by Crippen LogP contribution is -2.14. The number of phenolic OH excluding ortho intramolecular Hbond substituents is 1. The Hall–Kier alpha value is -3.31. The fourth-order valence-corrected chi connectivity index (χ4v) is 3.61. The second-order valence-corrected chi connectivity index (χ2v) is 7.96. The molecular weight excluding hydrogens is 388 g/mol. The smallest absolute Gasteiger partial charge is 0.255 e. The molecule has 0 aromatic heterocycles. The van der Waals surface area contributed by atoms with Gasteiger partial charge in [0.1, 0.15) is 11.5 Å². The minimum absolute atomic E-state index is 0.145. The summed E-state index contributed by atoms with van der Waals surface area (Å²) in [5.74, 6) is 0.906. The molecule has 0 fully saturated rings. The SMILES string of the molecule is COc1ccc(C(=O)Nc2ccc(-c3ccc(O)cc3)c(C)c2)cc1CCCN(C)C. The molecule has 0 aliphatic carbocycles. The zero-order chi connectivity index (χ0) is 22.4. The van der Waals surface area contributed by atoms with Crippen molar-refractivity contribution in [3.05, 3.63) is 77.4 Å². The molecule has 0 saturated carbocycles. The molecule has 3 rings (SSSR count). The highest BCUT2D eigenvalue weighted by Crippen LogP contribution is 2.28. The molecule has 31 heavy (non-hydrogen) atoms. The van der Waals surface area contributed by atoms with Crippen molar-refractivity contribution in [2.75, 3.05) is 33.1 Å². The Kier molecular flexibility index (Phi) is 7.32. The van der Waals surface area contributed by atoms with Gasteiger partial charge in [0.05, 0.1) is 7.11 Å². The Bertz CT molecular complexity index is 1040. The van der Waals surface area contributed by atoms with Crippen LogP contribution in [-0.4, -0.2) is 43.7 Å². The molecule has 1 amide bonds. The number of nitrogens with zero attached hydrogens (tertiary/aromatic N) is 1. The van der Waals surface area contributed by atoms with E-state index in [2.05, 4.69) is 24.3 Å². The number of aryl methyl sites for hydroxylation is 2. The highest BCUT2D eigenvalue weighted by Gasteiger charge is 2.12. The minimum atomic E-state index is -0.145. The van der Waals surface area contributed by atoms with Gasteiger partial charge in [0.25, 0.3) is 5.91 Å². The number of phenols is 1. The quantitative estimate of drug-likeness (QED) is 0.533. The molecule has 0 saturated heterocycles. The molecule has 0 aliphatic heterocycles. The Morgan fingerprint density at radius 2 is 1.77 bits per heavy atom. The Balaban J connectivity index is 1.74. The van der Waals surface area contributed by atoms with Gasteiger partial charge in [-0.15, -0.1) is 0 Å². The van der Waals surface area contributed by atoms with Crippen LogP contribution in [0.1, 0.15) is 27.9 Å². The van der Waals surface area contributed by atoms with Crippen molar-refractivity contribution in [1.82, 2.24) is 4.90 Å². The lowest BCUT2D eigenvalue weighted by Gasteiger charge is -2.14. The third-order valence-electron chi connectivity index (χ3n) is 5.26. The molecule has 0 radical (unpaired) electrons. The number of aromatic hydroxyl groups is 1. The second kappa shape index (κ2) is 10.1. The van der Waals surface area contributed by atoms with Crippen molar-refractivity contribution in [3.8, 4) is 22.6 Å². The van der Waals surface area contributed by atoms with Crippen LogP contribution in [0.3, 0.4) is 0 Å². The lowest BCUT2D eigenvalue weighted by atomic mass is 10.00. The highest BCUT2D eigenvalue weighted by atomic mass is 16.5.